The first-order chi connectivity index (χ1) is 6.59. The van der Waals surface area contributed by atoms with Crippen molar-refractivity contribution in [2.75, 3.05) is 37.7 Å². The number of hydrogen-bond donors (Lipinski definition) is 1. The van der Waals surface area contributed by atoms with Crippen LogP contribution in [0.4, 0.5) is 0 Å². The zero-order valence-corrected chi connectivity index (χ0v) is 9.17. The van der Waals surface area contributed by atoms with Crippen LogP contribution in [-0.4, -0.2) is 51.0 Å². The molecule has 0 saturated carbocycles. The lowest BCUT2D eigenvalue weighted by Gasteiger charge is -2.29. The Morgan fingerprint density at radius 3 is 2.50 bits per heavy atom. The van der Waals surface area contributed by atoms with E-state index in [2.05, 4.69) is 4.90 Å². The van der Waals surface area contributed by atoms with E-state index in [-0.39, 0.29) is 0 Å². The highest BCUT2D eigenvalue weighted by Gasteiger charge is 2.35. The van der Waals surface area contributed by atoms with Gasteiger partial charge in [0, 0.05) is 13.1 Å². The Kier molecular flexibility index (Phi) is 2.81. The van der Waals surface area contributed by atoms with Gasteiger partial charge < -0.3 is 10.6 Å². The summed E-state index contributed by atoms with van der Waals surface area (Å²) < 4.78 is 21.9. The molecule has 2 saturated heterocycles. The van der Waals surface area contributed by atoms with Gasteiger partial charge in [-0.05, 0) is 31.3 Å². The predicted molar refractivity (Wildman–Crippen MR) is 55.7 cm³/mol. The summed E-state index contributed by atoms with van der Waals surface area (Å²) >= 11 is 0. The molecule has 2 aliphatic rings. The van der Waals surface area contributed by atoms with Gasteiger partial charge in [0.1, 0.15) is 0 Å². The molecule has 1 unspecified atom stereocenters. The van der Waals surface area contributed by atoms with Crippen molar-refractivity contribution >= 4 is 9.84 Å². The summed E-state index contributed by atoms with van der Waals surface area (Å²) in [7, 11) is -2.64. The molecule has 0 radical (unpaired) electrons. The topological polar surface area (TPSA) is 63.4 Å². The highest BCUT2D eigenvalue weighted by atomic mass is 32.2. The molecule has 5 heteroatoms. The molecule has 1 atom stereocenters. The molecule has 0 aromatic carbocycles. The summed E-state index contributed by atoms with van der Waals surface area (Å²) in [5.41, 5.74) is 5.59. The molecule has 0 amide bonds. The van der Waals surface area contributed by atoms with Gasteiger partial charge in [-0.1, -0.05) is 0 Å². The SMILES string of the molecule is NCC1CCN(CC2CS(=O)(=O)C2)C1. The van der Waals surface area contributed by atoms with E-state index >= 15 is 0 Å². The van der Waals surface area contributed by atoms with Crippen molar-refractivity contribution in [3.05, 3.63) is 0 Å². The lowest BCUT2D eigenvalue weighted by Crippen LogP contribution is -2.43. The van der Waals surface area contributed by atoms with Crippen LogP contribution in [0.1, 0.15) is 6.42 Å². The van der Waals surface area contributed by atoms with Gasteiger partial charge >= 0.3 is 0 Å². The average Bonchev–Trinajstić information content (AvgIpc) is 2.49. The molecule has 4 nitrogen and oxygen atoms in total. The number of nitrogens with two attached hydrogens (primary N) is 1. The summed E-state index contributed by atoms with van der Waals surface area (Å²) in [6, 6.07) is 0. The van der Waals surface area contributed by atoms with Gasteiger partial charge in [-0.25, -0.2) is 8.42 Å². The maximum absolute atomic E-state index is 11.0. The van der Waals surface area contributed by atoms with Crippen LogP contribution < -0.4 is 5.73 Å². The summed E-state index contributed by atoms with van der Waals surface area (Å²) in [4.78, 5) is 2.36. The molecule has 14 heavy (non-hydrogen) atoms. The summed E-state index contributed by atoms with van der Waals surface area (Å²) in [6.45, 7) is 3.88. The van der Waals surface area contributed by atoms with Crippen LogP contribution in [-0.2, 0) is 9.84 Å². The first-order valence-electron chi connectivity index (χ1n) is 5.22. The summed E-state index contributed by atoms with van der Waals surface area (Å²) in [6.07, 6.45) is 1.18. The highest BCUT2D eigenvalue weighted by molar-refractivity contribution is 7.92. The minimum atomic E-state index is -2.64. The maximum Gasteiger partial charge on any atom is 0.151 e. The standard InChI is InChI=1S/C9H18N2O2S/c10-3-8-1-2-11(4-8)5-9-6-14(12,13)7-9/h8-9H,1-7,10H2. The van der Waals surface area contributed by atoms with Gasteiger partial charge in [0.2, 0.25) is 0 Å². The van der Waals surface area contributed by atoms with E-state index in [1.807, 2.05) is 0 Å². The van der Waals surface area contributed by atoms with E-state index in [0.29, 0.717) is 23.3 Å². The van der Waals surface area contributed by atoms with Crippen LogP contribution in [0.25, 0.3) is 0 Å². The van der Waals surface area contributed by atoms with Crippen molar-refractivity contribution in [3.63, 3.8) is 0 Å². The zero-order chi connectivity index (χ0) is 10.2. The van der Waals surface area contributed by atoms with Gasteiger partial charge in [0.25, 0.3) is 0 Å². The van der Waals surface area contributed by atoms with Gasteiger partial charge in [-0.2, -0.15) is 0 Å². The maximum atomic E-state index is 11.0. The fourth-order valence-corrected chi connectivity index (χ4v) is 3.96. The lowest BCUT2D eigenvalue weighted by atomic mass is 10.1. The average molecular weight is 218 g/mol. The quantitative estimate of drug-likeness (QED) is 0.681. The van der Waals surface area contributed by atoms with Crippen molar-refractivity contribution in [2.45, 2.75) is 6.42 Å². The molecular formula is C9H18N2O2S. The fraction of sp³-hybridized carbons (Fsp3) is 1.00. The third kappa shape index (κ3) is 2.27. The molecule has 82 valence electrons. The van der Waals surface area contributed by atoms with Crippen molar-refractivity contribution in [1.29, 1.82) is 0 Å². The predicted octanol–water partition coefficient (Wildman–Crippen LogP) is -0.688. The second kappa shape index (κ2) is 3.79. The number of sulfone groups is 1. The van der Waals surface area contributed by atoms with Crippen LogP contribution in [0, 0.1) is 11.8 Å². The zero-order valence-electron chi connectivity index (χ0n) is 8.35. The van der Waals surface area contributed by atoms with E-state index < -0.39 is 9.84 Å². The molecule has 0 aromatic rings. The van der Waals surface area contributed by atoms with E-state index in [1.165, 1.54) is 6.42 Å². The monoisotopic (exact) mass is 218 g/mol. The summed E-state index contributed by atoms with van der Waals surface area (Å²) in [5.74, 6) is 1.82. The Hall–Kier alpha value is -0.130. The number of likely N-dealkylation sites (tertiary alicyclic amines) is 1. The van der Waals surface area contributed by atoms with Gasteiger partial charge in [-0.3, -0.25) is 0 Å². The molecule has 2 fully saturated rings. The Labute approximate surface area is 85.4 Å². The first-order valence-corrected chi connectivity index (χ1v) is 7.04. The van der Waals surface area contributed by atoms with E-state index in [4.69, 9.17) is 5.73 Å². The molecule has 2 aliphatic heterocycles. The van der Waals surface area contributed by atoms with Crippen LogP contribution in [0.3, 0.4) is 0 Å². The molecule has 0 spiro atoms. The minimum absolute atomic E-state index is 0.386. The molecule has 2 N–H and O–H groups in total. The van der Waals surface area contributed by atoms with Gasteiger partial charge in [0.05, 0.1) is 11.5 Å². The van der Waals surface area contributed by atoms with E-state index in [0.717, 1.165) is 26.2 Å². The Morgan fingerprint density at radius 1 is 1.29 bits per heavy atom. The molecule has 0 bridgehead atoms. The van der Waals surface area contributed by atoms with Crippen LogP contribution in [0.5, 0.6) is 0 Å². The van der Waals surface area contributed by atoms with Crippen LogP contribution in [0.2, 0.25) is 0 Å². The van der Waals surface area contributed by atoms with Crippen molar-refractivity contribution in [2.24, 2.45) is 17.6 Å². The first kappa shape index (κ1) is 10.4. The third-order valence-electron chi connectivity index (χ3n) is 3.20. The lowest BCUT2D eigenvalue weighted by molar-refractivity contribution is 0.281. The smallest absolute Gasteiger partial charge is 0.151 e. The fourth-order valence-electron chi connectivity index (χ4n) is 2.41. The molecule has 2 heterocycles. The van der Waals surface area contributed by atoms with E-state index in [1.54, 1.807) is 0 Å². The van der Waals surface area contributed by atoms with Gasteiger partial charge in [0.15, 0.2) is 9.84 Å². The van der Waals surface area contributed by atoms with Crippen molar-refractivity contribution in [1.82, 2.24) is 4.90 Å². The van der Waals surface area contributed by atoms with Crippen molar-refractivity contribution < 1.29 is 8.42 Å². The summed E-state index contributed by atoms with van der Waals surface area (Å²) in [5, 5.41) is 0. The van der Waals surface area contributed by atoms with E-state index in [9.17, 15) is 8.42 Å². The Morgan fingerprint density at radius 2 is 2.00 bits per heavy atom. The number of hydrogen-bond acceptors (Lipinski definition) is 4. The Balaban J connectivity index is 1.73. The van der Waals surface area contributed by atoms with Crippen LogP contribution in [0.15, 0.2) is 0 Å². The molecular weight excluding hydrogens is 200 g/mol. The van der Waals surface area contributed by atoms with Crippen molar-refractivity contribution in [3.8, 4) is 0 Å². The minimum Gasteiger partial charge on any atom is -0.330 e. The Bertz CT molecular complexity index is 290. The number of rotatable bonds is 3. The van der Waals surface area contributed by atoms with Gasteiger partial charge in [-0.15, -0.1) is 0 Å². The normalized spacial score (nSPS) is 33.1. The molecule has 0 aromatic heterocycles. The second-order valence-corrected chi connectivity index (χ2v) is 6.75. The largest absolute Gasteiger partial charge is 0.330 e. The highest BCUT2D eigenvalue weighted by Crippen LogP contribution is 2.22. The molecule has 2 rings (SSSR count). The molecule has 0 aliphatic carbocycles. The third-order valence-corrected chi connectivity index (χ3v) is 5.16. The second-order valence-electron chi connectivity index (χ2n) is 4.59. The number of nitrogens with zero attached hydrogens (tertiary/aromatic N) is 1. The van der Waals surface area contributed by atoms with Crippen LogP contribution >= 0.6 is 0 Å².